The van der Waals surface area contributed by atoms with Gasteiger partial charge in [-0.3, -0.25) is 10.1 Å². The molecule has 6 heteroatoms. The number of hydrogen-bond acceptors (Lipinski definition) is 4. The van der Waals surface area contributed by atoms with E-state index >= 15 is 0 Å². The lowest BCUT2D eigenvalue weighted by molar-refractivity contribution is -0.141. The Balaban J connectivity index is 2.84. The Morgan fingerprint density at radius 2 is 1.70 bits per heavy atom. The van der Waals surface area contributed by atoms with Crippen molar-refractivity contribution in [2.75, 3.05) is 0 Å². The average Bonchev–Trinajstić information content (AvgIpc) is 2.43. The summed E-state index contributed by atoms with van der Waals surface area (Å²) in [4.78, 5) is 23.5. The third-order valence-corrected chi connectivity index (χ3v) is 3.45. The summed E-state index contributed by atoms with van der Waals surface area (Å²) in [5, 5.41) is 15.2. The normalized spacial score (nSPS) is 14.2. The van der Waals surface area contributed by atoms with E-state index in [1.54, 1.807) is 27.7 Å². The molecule has 0 spiro atoms. The molecular weight excluding hydrogens is 296 g/mol. The van der Waals surface area contributed by atoms with Gasteiger partial charge in [-0.15, -0.1) is 0 Å². The Bertz CT molecular complexity index is 529. The second kappa shape index (κ2) is 7.97. The number of carboxylic acids is 1. The maximum Gasteiger partial charge on any atom is 0.407 e. The van der Waals surface area contributed by atoms with Crippen LogP contribution in [0.15, 0.2) is 30.3 Å². The first-order valence-electron chi connectivity index (χ1n) is 7.66. The van der Waals surface area contributed by atoms with Gasteiger partial charge in [0, 0.05) is 6.04 Å². The predicted molar refractivity (Wildman–Crippen MR) is 88.2 cm³/mol. The standard InChI is InChI=1S/C17H26N2O4/c1-11(2)23-16(22)19-17(4,5)14(15(20)21)18-12(3)13-9-7-6-8-10-13/h6-12,14,18H,1-5H3,(H,19,22)(H,20,21)/t12-,14+/m0/s1. The van der Waals surface area contributed by atoms with Crippen LogP contribution in [-0.4, -0.2) is 34.9 Å². The van der Waals surface area contributed by atoms with Crippen molar-refractivity contribution in [3.63, 3.8) is 0 Å². The number of carboxylic acid groups (broad SMARTS) is 1. The van der Waals surface area contributed by atoms with Crippen molar-refractivity contribution in [3.05, 3.63) is 35.9 Å². The van der Waals surface area contributed by atoms with Crippen molar-refractivity contribution in [2.24, 2.45) is 0 Å². The predicted octanol–water partition coefficient (Wildman–Crippen LogP) is 2.70. The summed E-state index contributed by atoms with van der Waals surface area (Å²) in [5.74, 6) is -1.04. The molecule has 0 aliphatic rings. The lowest BCUT2D eigenvalue weighted by atomic mass is 9.93. The van der Waals surface area contributed by atoms with Crippen molar-refractivity contribution in [1.29, 1.82) is 0 Å². The molecule has 0 aliphatic heterocycles. The number of hydrogen-bond donors (Lipinski definition) is 3. The van der Waals surface area contributed by atoms with E-state index in [0.29, 0.717) is 0 Å². The number of ether oxygens (including phenoxy) is 1. The molecule has 0 saturated heterocycles. The Morgan fingerprint density at radius 3 is 2.17 bits per heavy atom. The summed E-state index contributed by atoms with van der Waals surface area (Å²) in [5.41, 5.74) is -0.0554. The SMILES string of the molecule is CC(C)OC(=O)NC(C)(C)[C@H](N[C@@H](C)c1ccccc1)C(=O)O. The highest BCUT2D eigenvalue weighted by Gasteiger charge is 2.38. The molecule has 1 rings (SSSR count). The summed E-state index contributed by atoms with van der Waals surface area (Å²) in [6, 6.07) is 8.38. The number of carbonyl (C=O) groups is 2. The summed E-state index contributed by atoms with van der Waals surface area (Å²) >= 11 is 0. The van der Waals surface area contributed by atoms with Crippen LogP contribution in [0.2, 0.25) is 0 Å². The summed E-state index contributed by atoms with van der Waals surface area (Å²) in [6.45, 7) is 8.65. The van der Waals surface area contributed by atoms with Crippen LogP contribution in [0.4, 0.5) is 4.79 Å². The van der Waals surface area contributed by atoms with Gasteiger partial charge in [-0.1, -0.05) is 30.3 Å². The Hall–Kier alpha value is -2.08. The number of benzene rings is 1. The van der Waals surface area contributed by atoms with Gasteiger partial charge in [-0.25, -0.2) is 4.79 Å². The van der Waals surface area contributed by atoms with Crippen LogP contribution >= 0.6 is 0 Å². The van der Waals surface area contributed by atoms with Gasteiger partial charge >= 0.3 is 12.1 Å². The quantitative estimate of drug-likeness (QED) is 0.718. The molecule has 0 aromatic heterocycles. The van der Waals surface area contributed by atoms with Gasteiger partial charge in [0.2, 0.25) is 0 Å². The minimum absolute atomic E-state index is 0.181. The molecule has 0 heterocycles. The fourth-order valence-corrected chi connectivity index (χ4v) is 2.26. The fourth-order valence-electron chi connectivity index (χ4n) is 2.26. The van der Waals surface area contributed by atoms with Gasteiger partial charge in [0.1, 0.15) is 6.04 Å². The molecule has 23 heavy (non-hydrogen) atoms. The number of amides is 1. The van der Waals surface area contributed by atoms with E-state index in [9.17, 15) is 14.7 Å². The summed E-state index contributed by atoms with van der Waals surface area (Å²) in [6.07, 6.45) is -0.907. The zero-order chi connectivity index (χ0) is 17.6. The molecular formula is C17H26N2O4. The summed E-state index contributed by atoms with van der Waals surface area (Å²) < 4.78 is 5.03. The van der Waals surface area contributed by atoms with Crippen molar-refractivity contribution in [1.82, 2.24) is 10.6 Å². The minimum Gasteiger partial charge on any atom is -0.480 e. The van der Waals surface area contributed by atoms with E-state index in [-0.39, 0.29) is 12.1 Å². The molecule has 1 aromatic rings. The van der Waals surface area contributed by atoms with Gasteiger partial charge in [0.05, 0.1) is 11.6 Å². The monoisotopic (exact) mass is 322 g/mol. The van der Waals surface area contributed by atoms with Crippen LogP contribution in [0.25, 0.3) is 0 Å². The number of nitrogens with one attached hydrogen (secondary N) is 2. The van der Waals surface area contributed by atoms with Crippen molar-refractivity contribution >= 4 is 12.1 Å². The molecule has 1 amide bonds. The minimum atomic E-state index is -1.04. The van der Waals surface area contributed by atoms with Crippen molar-refractivity contribution < 1.29 is 19.4 Å². The van der Waals surface area contributed by atoms with Crippen molar-refractivity contribution in [2.45, 2.75) is 58.3 Å². The Morgan fingerprint density at radius 1 is 1.13 bits per heavy atom. The van der Waals surface area contributed by atoms with Crippen LogP contribution in [0.1, 0.15) is 46.2 Å². The van der Waals surface area contributed by atoms with E-state index in [1.165, 1.54) is 0 Å². The first-order valence-corrected chi connectivity index (χ1v) is 7.66. The topological polar surface area (TPSA) is 87.7 Å². The lowest BCUT2D eigenvalue weighted by Crippen LogP contribution is -2.61. The van der Waals surface area contributed by atoms with E-state index in [2.05, 4.69) is 10.6 Å². The fraction of sp³-hybridized carbons (Fsp3) is 0.529. The van der Waals surface area contributed by atoms with Crippen LogP contribution in [-0.2, 0) is 9.53 Å². The molecule has 2 atom stereocenters. The number of carbonyl (C=O) groups excluding carboxylic acids is 1. The number of rotatable bonds is 7. The van der Waals surface area contributed by atoms with E-state index in [1.807, 2.05) is 37.3 Å². The number of alkyl carbamates (subject to hydrolysis) is 1. The zero-order valence-electron chi connectivity index (χ0n) is 14.3. The lowest BCUT2D eigenvalue weighted by Gasteiger charge is -2.34. The highest BCUT2D eigenvalue weighted by Crippen LogP contribution is 2.17. The molecule has 3 N–H and O–H groups in total. The molecule has 128 valence electrons. The molecule has 1 aromatic carbocycles. The maximum atomic E-state index is 11.8. The largest absolute Gasteiger partial charge is 0.480 e. The Kier molecular flexibility index (Phi) is 6.57. The first kappa shape index (κ1) is 19.0. The van der Waals surface area contributed by atoms with E-state index < -0.39 is 23.6 Å². The van der Waals surface area contributed by atoms with Crippen molar-refractivity contribution in [3.8, 4) is 0 Å². The van der Waals surface area contributed by atoms with Gasteiger partial charge in [0.25, 0.3) is 0 Å². The Labute approximate surface area is 137 Å². The summed E-state index contributed by atoms with van der Waals surface area (Å²) in [7, 11) is 0. The van der Waals surface area contributed by atoms with Gasteiger partial charge in [0.15, 0.2) is 0 Å². The smallest absolute Gasteiger partial charge is 0.407 e. The van der Waals surface area contributed by atoms with Gasteiger partial charge in [-0.05, 0) is 40.2 Å². The highest BCUT2D eigenvalue weighted by molar-refractivity contribution is 5.77. The van der Waals surface area contributed by atoms with Crippen LogP contribution < -0.4 is 10.6 Å². The van der Waals surface area contributed by atoms with E-state index in [4.69, 9.17) is 4.74 Å². The van der Waals surface area contributed by atoms with Gasteiger partial charge < -0.3 is 15.2 Å². The molecule has 0 unspecified atom stereocenters. The molecule has 0 radical (unpaired) electrons. The maximum absolute atomic E-state index is 11.8. The molecule has 0 bridgehead atoms. The van der Waals surface area contributed by atoms with E-state index in [0.717, 1.165) is 5.56 Å². The van der Waals surface area contributed by atoms with Gasteiger partial charge in [-0.2, -0.15) is 0 Å². The van der Waals surface area contributed by atoms with Crippen LogP contribution in [0, 0.1) is 0 Å². The first-order chi connectivity index (χ1) is 10.6. The molecule has 0 aliphatic carbocycles. The third-order valence-electron chi connectivity index (χ3n) is 3.45. The molecule has 0 saturated carbocycles. The average molecular weight is 322 g/mol. The third kappa shape index (κ3) is 5.90. The second-order valence-corrected chi connectivity index (χ2v) is 6.37. The molecule has 6 nitrogen and oxygen atoms in total. The zero-order valence-corrected chi connectivity index (χ0v) is 14.3. The highest BCUT2D eigenvalue weighted by atomic mass is 16.6. The van der Waals surface area contributed by atoms with Crippen LogP contribution in [0.3, 0.4) is 0 Å². The number of aliphatic carboxylic acids is 1. The molecule has 0 fully saturated rings. The van der Waals surface area contributed by atoms with Crippen LogP contribution in [0.5, 0.6) is 0 Å². The second-order valence-electron chi connectivity index (χ2n) is 6.37.